The van der Waals surface area contributed by atoms with Gasteiger partial charge in [-0.2, -0.15) is 0 Å². The quantitative estimate of drug-likeness (QED) is 0.500. The van der Waals surface area contributed by atoms with Gasteiger partial charge in [-0.1, -0.05) is 0 Å². The van der Waals surface area contributed by atoms with Crippen molar-refractivity contribution in [2.45, 2.75) is 11.8 Å². The monoisotopic (exact) mass is 492 g/mol. The molecule has 2 aromatic heterocycles. The second-order valence-corrected chi connectivity index (χ2v) is 9.20. The molecule has 10 nitrogen and oxygen atoms in total. The molecule has 3 aliphatic rings. The summed E-state index contributed by atoms with van der Waals surface area (Å²) in [6.07, 6.45) is 2.24. The molecule has 0 bridgehead atoms. The number of allylic oxidation sites excluding steroid dienone is 2. The van der Waals surface area contributed by atoms with Crippen LogP contribution in [-0.4, -0.2) is 62.1 Å². The van der Waals surface area contributed by atoms with E-state index in [1.807, 2.05) is 0 Å². The minimum absolute atomic E-state index is 0.0148. The number of ether oxygens (including phenoxy) is 4. The van der Waals surface area contributed by atoms with Gasteiger partial charge in [0.05, 0.1) is 34.0 Å². The Bertz CT molecular complexity index is 1530. The van der Waals surface area contributed by atoms with Crippen LogP contribution < -0.4 is 14.2 Å². The normalized spacial score (nSPS) is 21.5. The van der Waals surface area contributed by atoms with Crippen molar-refractivity contribution in [2.24, 2.45) is 13.0 Å². The number of benzene rings is 1. The Morgan fingerprint density at radius 3 is 2.47 bits per heavy atom. The summed E-state index contributed by atoms with van der Waals surface area (Å²) >= 11 is 0. The highest BCUT2D eigenvalue weighted by Crippen LogP contribution is 2.67. The maximum absolute atomic E-state index is 13.9. The third kappa shape index (κ3) is 2.64. The van der Waals surface area contributed by atoms with Crippen molar-refractivity contribution in [3.8, 4) is 17.2 Å². The van der Waals surface area contributed by atoms with Crippen LogP contribution in [0.5, 0.6) is 17.2 Å². The van der Waals surface area contributed by atoms with Gasteiger partial charge < -0.3 is 32.8 Å². The van der Waals surface area contributed by atoms with E-state index in [0.29, 0.717) is 46.3 Å². The Kier molecular flexibility index (Phi) is 4.57. The van der Waals surface area contributed by atoms with Crippen molar-refractivity contribution in [1.29, 1.82) is 0 Å². The number of furan rings is 1. The molecule has 1 saturated heterocycles. The summed E-state index contributed by atoms with van der Waals surface area (Å²) in [7, 11) is 7.64. The van der Waals surface area contributed by atoms with E-state index in [2.05, 4.69) is 0 Å². The Balaban J connectivity index is 1.43. The molecule has 36 heavy (non-hydrogen) atoms. The topological polar surface area (TPSA) is 109 Å². The molecule has 2 unspecified atom stereocenters. The first-order chi connectivity index (χ1) is 17.3. The van der Waals surface area contributed by atoms with E-state index in [-0.39, 0.29) is 29.1 Å². The Morgan fingerprint density at radius 2 is 1.81 bits per heavy atom. The fraction of sp³-hybridized carbons (Fsp3) is 0.346. The number of esters is 1. The number of nitrogens with zero attached hydrogens (tertiary/aromatic N) is 2. The predicted molar refractivity (Wildman–Crippen MR) is 126 cm³/mol. The van der Waals surface area contributed by atoms with Gasteiger partial charge in [-0.05, 0) is 30.5 Å². The predicted octanol–water partition coefficient (Wildman–Crippen LogP) is 3.08. The summed E-state index contributed by atoms with van der Waals surface area (Å²) in [6, 6.07) is 5.16. The number of methoxy groups -OCH3 is 4. The fourth-order valence-corrected chi connectivity index (χ4v) is 5.91. The van der Waals surface area contributed by atoms with Crippen molar-refractivity contribution < 1.29 is 37.7 Å². The van der Waals surface area contributed by atoms with Crippen LogP contribution in [-0.2, 0) is 17.2 Å². The van der Waals surface area contributed by atoms with Crippen LogP contribution in [0.15, 0.2) is 34.4 Å². The molecule has 3 aromatic rings. The van der Waals surface area contributed by atoms with Crippen LogP contribution >= 0.6 is 0 Å². The van der Waals surface area contributed by atoms with E-state index in [0.717, 1.165) is 11.8 Å². The SMILES string of the molecule is COC(=O)c1cc2c(o1)C(=O)C=C1N(C(=O)c3cc4cc(OC)c(OC)c(OC)c4n3C)CC3CC123. The third-order valence-electron chi connectivity index (χ3n) is 7.63. The van der Waals surface area contributed by atoms with Crippen LogP contribution in [0.4, 0.5) is 0 Å². The zero-order chi connectivity index (χ0) is 25.5. The largest absolute Gasteiger partial charge is 0.493 e. The molecule has 2 aliphatic carbocycles. The summed E-state index contributed by atoms with van der Waals surface area (Å²) in [4.78, 5) is 40.5. The first-order valence-electron chi connectivity index (χ1n) is 11.4. The number of aryl methyl sites for hydroxylation is 1. The van der Waals surface area contributed by atoms with Gasteiger partial charge in [-0.15, -0.1) is 0 Å². The van der Waals surface area contributed by atoms with Gasteiger partial charge >= 0.3 is 5.97 Å². The van der Waals surface area contributed by atoms with E-state index in [1.54, 1.807) is 34.7 Å². The van der Waals surface area contributed by atoms with Gasteiger partial charge in [0.2, 0.25) is 17.3 Å². The smallest absolute Gasteiger partial charge is 0.373 e. The number of carbonyl (C=O) groups is 3. The molecule has 1 spiro atoms. The Morgan fingerprint density at radius 1 is 1.06 bits per heavy atom. The number of aromatic nitrogens is 1. The summed E-state index contributed by atoms with van der Waals surface area (Å²) in [6.45, 7) is 0.460. The zero-order valence-corrected chi connectivity index (χ0v) is 20.5. The van der Waals surface area contributed by atoms with Gasteiger partial charge in [0.1, 0.15) is 5.69 Å². The number of rotatable bonds is 5. The summed E-state index contributed by atoms with van der Waals surface area (Å²) in [5.41, 5.74) is 1.89. The lowest BCUT2D eigenvalue weighted by atomic mass is 9.85. The molecule has 0 radical (unpaired) electrons. The van der Waals surface area contributed by atoms with E-state index in [4.69, 9.17) is 23.4 Å². The molecule has 186 valence electrons. The first-order valence-corrected chi connectivity index (χ1v) is 11.4. The lowest BCUT2D eigenvalue weighted by molar-refractivity contribution is 0.0563. The zero-order valence-electron chi connectivity index (χ0n) is 20.5. The number of hydrogen-bond acceptors (Lipinski definition) is 8. The minimum Gasteiger partial charge on any atom is -0.493 e. The highest BCUT2D eigenvalue weighted by Gasteiger charge is 2.68. The van der Waals surface area contributed by atoms with Crippen LogP contribution in [0.25, 0.3) is 10.9 Å². The highest BCUT2D eigenvalue weighted by atomic mass is 16.5. The van der Waals surface area contributed by atoms with Gasteiger partial charge in [-0.3, -0.25) is 9.59 Å². The van der Waals surface area contributed by atoms with E-state index >= 15 is 0 Å². The Labute approximate surface area is 205 Å². The van der Waals surface area contributed by atoms with Crippen LogP contribution in [0.3, 0.4) is 0 Å². The maximum atomic E-state index is 13.9. The second-order valence-electron chi connectivity index (χ2n) is 9.20. The van der Waals surface area contributed by atoms with E-state index in [9.17, 15) is 14.4 Å². The van der Waals surface area contributed by atoms with Crippen molar-refractivity contribution in [3.63, 3.8) is 0 Å². The van der Waals surface area contributed by atoms with E-state index in [1.165, 1.54) is 34.5 Å². The first kappa shape index (κ1) is 22.3. The average molecular weight is 492 g/mol. The molecule has 3 heterocycles. The third-order valence-corrected chi connectivity index (χ3v) is 7.63. The summed E-state index contributed by atoms with van der Waals surface area (Å²) in [5.74, 6) is 0.383. The minimum atomic E-state index is -0.645. The number of fused-ring (bicyclic) bond motifs is 2. The standard InChI is InChI=1S/C26H24N2O8/c1-27-15(6-12-7-17(32-2)22(33-3)23(34-4)20(12)27)24(30)28-11-13-10-26(13)14-8-18(25(31)35-5)36-21(14)16(29)9-19(26)28/h6-9,13H,10-11H2,1-5H3. The lowest BCUT2D eigenvalue weighted by Gasteiger charge is -2.27. The van der Waals surface area contributed by atoms with Gasteiger partial charge in [0.25, 0.3) is 5.91 Å². The molecular weight excluding hydrogens is 468 g/mol. The van der Waals surface area contributed by atoms with Crippen LogP contribution in [0.1, 0.15) is 43.6 Å². The number of piperidine rings is 1. The summed E-state index contributed by atoms with van der Waals surface area (Å²) < 4.78 is 28.7. The van der Waals surface area contributed by atoms with Crippen LogP contribution in [0, 0.1) is 5.92 Å². The molecule has 1 amide bonds. The van der Waals surface area contributed by atoms with Gasteiger partial charge in [-0.25, -0.2) is 4.79 Å². The average Bonchev–Trinajstić information content (AvgIpc) is 3.16. The fourth-order valence-electron chi connectivity index (χ4n) is 5.91. The van der Waals surface area contributed by atoms with Crippen molar-refractivity contribution in [1.82, 2.24) is 9.47 Å². The van der Waals surface area contributed by atoms with E-state index < -0.39 is 11.4 Å². The number of carbonyl (C=O) groups excluding carboxylic acids is 3. The molecule has 1 aliphatic heterocycles. The summed E-state index contributed by atoms with van der Waals surface area (Å²) in [5, 5.41) is 0.753. The number of hydrogen-bond donors (Lipinski definition) is 0. The Hall–Kier alpha value is -4.21. The number of ketones is 1. The number of likely N-dealkylation sites (tertiary alicyclic amines) is 1. The molecule has 2 fully saturated rings. The molecule has 0 N–H and O–H groups in total. The maximum Gasteiger partial charge on any atom is 0.373 e. The molecule has 10 heteroatoms. The molecule has 2 atom stereocenters. The number of amides is 1. The lowest BCUT2D eigenvalue weighted by Crippen LogP contribution is -2.34. The molecule has 1 saturated carbocycles. The second kappa shape index (κ2) is 7.39. The van der Waals surface area contributed by atoms with Crippen LogP contribution in [0.2, 0.25) is 0 Å². The molecule has 1 aromatic carbocycles. The van der Waals surface area contributed by atoms with Gasteiger partial charge in [0.15, 0.2) is 17.3 Å². The molecular formula is C26H24N2O8. The van der Waals surface area contributed by atoms with Crippen molar-refractivity contribution >= 4 is 28.6 Å². The van der Waals surface area contributed by atoms with Crippen molar-refractivity contribution in [3.05, 3.63) is 52.8 Å². The highest BCUT2D eigenvalue weighted by molar-refractivity contribution is 6.09. The van der Waals surface area contributed by atoms with Crippen molar-refractivity contribution in [2.75, 3.05) is 35.0 Å². The molecule has 6 rings (SSSR count). The van der Waals surface area contributed by atoms with Gasteiger partial charge in [0, 0.05) is 41.7 Å².